The summed E-state index contributed by atoms with van der Waals surface area (Å²) in [5.41, 5.74) is 1.14. The van der Waals surface area contributed by atoms with Gasteiger partial charge >= 0.3 is 0 Å². The van der Waals surface area contributed by atoms with Gasteiger partial charge in [-0.15, -0.1) is 0 Å². The summed E-state index contributed by atoms with van der Waals surface area (Å²) in [4.78, 5) is 10.8. The zero-order valence-corrected chi connectivity index (χ0v) is 12.3. The largest absolute Gasteiger partial charge is 0.370 e. The molecule has 1 unspecified atom stereocenters. The van der Waals surface area contributed by atoms with Crippen LogP contribution in [0.2, 0.25) is 0 Å². The van der Waals surface area contributed by atoms with Crippen LogP contribution >= 0.6 is 0 Å². The maximum Gasteiger partial charge on any atom is 0.137 e. The minimum atomic E-state index is 0.144. The van der Waals surface area contributed by atoms with E-state index in [1.165, 1.54) is 0 Å². The molecular weight excluding hydrogens is 238 g/mol. The van der Waals surface area contributed by atoms with Crippen molar-refractivity contribution in [3.05, 3.63) is 11.9 Å². The lowest BCUT2D eigenvalue weighted by Crippen LogP contribution is -2.30. The average molecular weight is 261 g/mol. The van der Waals surface area contributed by atoms with E-state index in [-0.39, 0.29) is 6.04 Å². The monoisotopic (exact) mass is 261 g/mol. The summed E-state index contributed by atoms with van der Waals surface area (Å²) in [5.74, 6) is 1.83. The number of hydrogen-bond donors (Lipinski definition) is 1. The van der Waals surface area contributed by atoms with Crippen LogP contribution in [-0.4, -0.2) is 29.6 Å². The van der Waals surface area contributed by atoms with Crippen LogP contribution in [0.25, 0.3) is 0 Å². The Bertz CT molecular complexity index is 438. The lowest BCUT2D eigenvalue weighted by Gasteiger charge is -2.27. The summed E-state index contributed by atoms with van der Waals surface area (Å²) >= 11 is 0. The third-order valence-corrected chi connectivity index (χ3v) is 3.15. The van der Waals surface area contributed by atoms with E-state index >= 15 is 0 Å². The van der Waals surface area contributed by atoms with Crippen LogP contribution in [0.3, 0.4) is 0 Å². The van der Waals surface area contributed by atoms with Crippen molar-refractivity contribution in [1.82, 2.24) is 9.97 Å². The number of nitriles is 1. The van der Waals surface area contributed by atoms with Crippen LogP contribution in [0.15, 0.2) is 6.33 Å². The normalized spacial score (nSPS) is 11.7. The molecule has 0 bridgehead atoms. The van der Waals surface area contributed by atoms with E-state index in [0.29, 0.717) is 6.42 Å². The minimum Gasteiger partial charge on any atom is -0.370 e. The molecule has 0 aliphatic carbocycles. The van der Waals surface area contributed by atoms with Gasteiger partial charge in [0.05, 0.1) is 12.5 Å². The molecule has 1 atom stereocenters. The van der Waals surface area contributed by atoms with Crippen LogP contribution < -0.4 is 10.2 Å². The molecule has 1 N–H and O–H groups in total. The summed E-state index contributed by atoms with van der Waals surface area (Å²) in [5, 5.41) is 12.1. The van der Waals surface area contributed by atoms with E-state index in [4.69, 9.17) is 5.26 Å². The van der Waals surface area contributed by atoms with Gasteiger partial charge in [0, 0.05) is 25.2 Å². The van der Waals surface area contributed by atoms with E-state index < -0.39 is 0 Å². The van der Waals surface area contributed by atoms with Gasteiger partial charge in [-0.1, -0.05) is 13.3 Å². The quantitative estimate of drug-likeness (QED) is 0.817. The van der Waals surface area contributed by atoms with Crippen molar-refractivity contribution in [3.63, 3.8) is 0 Å². The molecule has 0 amide bonds. The van der Waals surface area contributed by atoms with Crippen molar-refractivity contribution >= 4 is 11.6 Å². The molecule has 0 aliphatic rings. The molecule has 0 aromatic carbocycles. The molecule has 0 saturated carbocycles. The van der Waals surface area contributed by atoms with Crippen molar-refractivity contribution in [2.75, 3.05) is 23.8 Å². The molecule has 104 valence electrons. The van der Waals surface area contributed by atoms with Crippen molar-refractivity contribution in [1.29, 1.82) is 5.26 Å². The Hall–Kier alpha value is -1.83. The highest BCUT2D eigenvalue weighted by Gasteiger charge is 2.17. The lowest BCUT2D eigenvalue weighted by atomic mass is 10.1. The standard InChI is InChI=1S/C14H23N5/c1-5-7-12-13(16-6-2)17-10-18-14(12)19(4)11(3)8-9-15/h10-11H,5-8H2,1-4H3,(H,16,17,18). The molecule has 0 radical (unpaired) electrons. The maximum absolute atomic E-state index is 8.82. The van der Waals surface area contributed by atoms with E-state index in [1.807, 2.05) is 14.0 Å². The number of anilines is 2. The topological polar surface area (TPSA) is 64.8 Å². The number of nitrogens with zero attached hydrogens (tertiary/aromatic N) is 4. The summed E-state index contributed by atoms with van der Waals surface area (Å²) < 4.78 is 0. The molecule has 1 aromatic heterocycles. The highest BCUT2D eigenvalue weighted by Crippen LogP contribution is 2.25. The van der Waals surface area contributed by atoms with Gasteiger partial charge in [-0.25, -0.2) is 9.97 Å². The van der Waals surface area contributed by atoms with Crippen molar-refractivity contribution < 1.29 is 0 Å². The summed E-state index contributed by atoms with van der Waals surface area (Å²) in [7, 11) is 1.99. The Morgan fingerprint density at radius 2 is 2.16 bits per heavy atom. The van der Waals surface area contributed by atoms with E-state index in [2.05, 4.69) is 40.1 Å². The molecule has 5 heteroatoms. The zero-order valence-electron chi connectivity index (χ0n) is 12.3. The van der Waals surface area contributed by atoms with Gasteiger partial charge in [-0.05, 0) is 20.3 Å². The Labute approximate surface area is 115 Å². The van der Waals surface area contributed by atoms with Gasteiger partial charge < -0.3 is 10.2 Å². The Morgan fingerprint density at radius 3 is 2.74 bits per heavy atom. The predicted molar refractivity (Wildman–Crippen MR) is 78.3 cm³/mol. The van der Waals surface area contributed by atoms with Crippen LogP contribution in [0.1, 0.15) is 39.2 Å². The first-order chi connectivity index (χ1) is 9.15. The highest BCUT2D eigenvalue weighted by atomic mass is 15.2. The Morgan fingerprint density at radius 1 is 1.42 bits per heavy atom. The summed E-state index contributed by atoms with van der Waals surface area (Å²) in [6, 6.07) is 2.35. The first kappa shape index (κ1) is 15.2. The third kappa shape index (κ3) is 3.82. The number of rotatable bonds is 7. The summed E-state index contributed by atoms with van der Waals surface area (Å²) in [6.45, 7) is 7.07. The van der Waals surface area contributed by atoms with Gasteiger partial charge in [0.15, 0.2) is 0 Å². The second-order valence-electron chi connectivity index (χ2n) is 4.63. The van der Waals surface area contributed by atoms with Crippen LogP contribution in [0.4, 0.5) is 11.6 Å². The van der Waals surface area contributed by atoms with E-state index in [1.54, 1.807) is 6.33 Å². The molecule has 0 spiro atoms. The Balaban J connectivity index is 3.11. The fourth-order valence-electron chi connectivity index (χ4n) is 1.98. The maximum atomic E-state index is 8.82. The molecule has 1 aromatic rings. The third-order valence-electron chi connectivity index (χ3n) is 3.15. The van der Waals surface area contributed by atoms with Crippen LogP contribution in [-0.2, 0) is 6.42 Å². The lowest BCUT2D eigenvalue weighted by molar-refractivity contribution is 0.686. The smallest absolute Gasteiger partial charge is 0.137 e. The fraction of sp³-hybridized carbons (Fsp3) is 0.643. The van der Waals surface area contributed by atoms with E-state index in [0.717, 1.165) is 36.6 Å². The average Bonchev–Trinajstić information content (AvgIpc) is 2.40. The van der Waals surface area contributed by atoms with Crippen molar-refractivity contribution in [2.45, 2.75) is 46.1 Å². The van der Waals surface area contributed by atoms with Gasteiger partial charge in [0.1, 0.15) is 18.0 Å². The number of aromatic nitrogens is 2. The molecule has 0 fully saturated rings. The molecule has 5 nitrogen and oxygen atoms in total. The number of nitrogens with one attached hydrogen (secondary N) is 1. The predicted octanol–water partition coefficient (Wildman–Crippen LogP) is 2.60. The second-order valence-corrected chi connectivity index (χ2v) is 4.63. The number of hydrogen-bond acceptors (Lipinski definition) is 5. The van der Waals surface area contributed by atoms with Gasteiger partial charge in [-0.3, -0.25) is 0 Å². The second kappa shape index (κ2) is 7.57. The first-order valence-electron chi connectivity index (χ1n) is 6.83. The minimum absolute atomic E-state index is 0.144. The zero-order chi connectivity index (χ0) is 14.3. The SMILES string of the molecule is CCCc1c(NCC)ncnc1N(C)C(C)CC#N. The first-order valence-corrected chi connectivity index (χ1v) is 6.83. The van der Waals surface area contributed by atoms with Crippen molar-refractivity contribution in [3.8, 4) is 6.07 Å². The van der Waals surface area contributed by atoms with Crippen molar-refractivity contribution in [2.24, 2.45) is 0 Å². The van der Waals surface area contributed by atoms with Gasteiger partial charge in [-0.2, -0.15) is 5.26 Å². The molecular formula is C14H23N5. The van der Waals surface area contributed by atoms with Crippen LogP contribution in [0, 0.1) is 11.3 Å². The molecule has 1 rings (SSSR count). The van der Waals surface area contributed by atoms with Crippen LogP contribution in [0.5, 0.6) is 0 Å². The van der Waals surface area contributed by atoms with Gasteiger partial charge in [0.25, 0.3) is 0 Å². The summed E-state index contributed by atoms with van der Waals surface area (Å²) in [6.07, 6.45) is 4.05. The molecule has 0 aliphatic heterocycles. The van der Waals surface area contributed by atoms with E-state index in [9.17, 15) is 0 Å². The highest BCUT2D eigenvalue weighted by molar-refractivity contribution is 5.59. The van der Waals surface area contributed by atoms with Gasteiger partial charge in [0.2, 0.25) is 0 Å². The molecule has 1 heterocycles. The molecule has 19 heavy (non-hydrogen) atoms. The fourth-order valence-corrected chi connectivity index (χ4v) is 1.98. The Kier molecular flexibility index (Phi) is 6.07. The molecule has 0 saturated heterocycles.